The average molecular weight is 762 g/mol. The lowest BCUT2D eigenvalue weighted by Gasteiger charge is -2.25. The third-order valence-electron chi connectivity index (χ3n) is 8.97. The second kappa shape index (κ2) is 17.4. The first kappa shape index (κ1) is 39.5. The lowest BCUT2D eigenvalue weighted by molar-refractivity contribution is -0.145. The van der Waals surface area contributed by atoms with Crippen LogP contribution in [0.1, 0.15) is 34.7 Å². The van der Waals surface area contributed by atoms with Gasteiger partial charge in [0.05, 0.1) is 22.3 Å². The number of anilines is 1. The molecule has 0 bridgehead atoms. The predicted octanol–water partition coefficient (Wildman–Crippen LogP) is 8.36. The molecule has 53 heavy (non-hydrogen) atoms. The Morgan fingerprint density at radius 1 is 0.906 bits per heavy atom. The molecule has 0 aliphatic rings. The van der Waals surface area contributed by atoms with Gasteiger partial charge in [0.2, 0.25) is 0 Å². The summed E-state index contributed by atoms with van der Waals surface area (Å²) in [5.41, 5.74) is 6.16. The van der Waals surface area contributed by atoms with Crippen LogP contribution in [0.15, 0.2) is 85.2 Å². The fraction of sp³-hybridized carbons (Fsp3) is 0.268. The maximum Gasteiger partial charge on any atom is 0.326 e. The minimum absolute atomic E-state index is 0.0330. The average Bonchev–Trinajstić information content (AvgIpc) is 3.14. The number of ether oxygens (including phenoxy) is 2. The number of halogens is 3. The summed E-state index contributed by atoms with van der Waals surface area (Å²) in [4.78, 5) is 18.1. The Labute approximate surface area is 319 Å². The molecule has 0 radical (unpaired) electrons. The zero-order valence-corrected chi connectivity index (χ0v) is 31.8. The molecule has 1 aromatic heterocycles. The minimum Gasteiger partial charge on any atom is -0.488 e. The van der Waals surface area contributed by atoms with Crippen LogP contribution in [0.5, 0.6) is 11.5 Å². The number of carbonyl (C=O) groups is 1. The van der Waals surface area contributed by atoms with Gasteiger partial charge in [0.25, 0.3) is 0 Å². The van der Waals surface area contributed by atoms with E-state index in [9.17, 15) is 15.0 Å². The Morgan fingerprint density at radius 2 is 1.62 bits per heavy atom. The quantitative estimate of drug-likeness (QED) is 0.0788. The zero-order valence-electron chi connectivity index (χ0n) is 30.3. The normalized spacial score (nSPS) is 12.4. The number of hydrogen-bond acceptors (Lipinski definition) is 8. The molecular weight excluding hydrogens is 718 g/mol. The number of benzene rings is 4. The summed E-state index contributed by atoms with van der Waals surface area (Å²) in [5.74, 6) is -0.866. The van der Waals surface area contributed by atoms with Crippen molar-refractivity contribution in [3.8, 4) is 33.8 Å². The highest BCUT2D eigenvalue weighted by atomic mass is 35.5. The molecule has 5 rings (SSSR count). The molecule has 4 aromatic carbocycles. The molecule has 0 saturated carbocycles. The molecule has 1 heterocycles. The molecular formula is C41H43Cl2FN4O5. The molecule has 12 heteroatoms. The number of hydrogen-bond donors (Lipinski definition) is 4. The number of nitrogens with zero attached hydrogens (tertiary/aromatic N) is 2. The van der Waals surface area contributed by atoms with Crippen LogP contribution in [0.4, 0.5) is 10.1 Å². The summed E-state index contributed by atoms with van der Waals surface area (Å²) >= 11 is 13.7. The molecule has 0 aliphatic carbocycles. The number of aromatic nitrogens is 1. The number of carboxylic acid groups (broad SMARTS) is 1. The van der Waals surface area contributed by atoms with Crippen molar-refractivity contribution in [3.63, 3.8) is 0 Å². The number of carboxylic acids is 1. The van der Waals surface area contributed by atoms with Gasteiger partial charge in [-0.25, -0.2) is 4.39 Å². The summed E-state index contributed by atoms with van der Waals surface area (Å²) in [7, 11) is 5.81. The van der Waals surface area contributed by atoms with Crippen LogP contribution in [-0.2, 0) is 31.1 Å². The van der Waals surface area contributed by atoms with Crippen molar-refractivity contribution in [2.24, 2.45) is 0 Å². The molecule has 0 aliphatic heterocycles. The van der Waals surface area contributed by atoms with Crippen LogP contribution in [-0.4, -0.2) is 59.4 Å². The first-order chi connectivity index (χ1) is 25.3. The van der Waals surface area contributed by atoms with Crippen molar-refractivity contribution >= 4 is 34.9 Å². The van der Waals surface area contributed by atoms with E-state index in [-0.39, 0.29) is 24.8 Å². The largest absolute Gasteiger partial charge is 0.488 e. The molecule has 278 valence electrons. The van der Waals surface area contributed by atoms with Crippen molar-refractivity contribution in [1.29, 1.82) is 0 Å². The van der Waals surface area contributed by atoms with Crippen LogP contribution in [0.25, 0.3) is 22.3 Å². The number of nitrogens with one attached hydrogen (secondary N) is 2. The van der Waals surface area contributed by atoms with Gasteiger partial charge in [-0.3, -0.25) is 15.1 Å². The smallest absolute Gasteiger partial charge is 0.326 e. The Bertz CT molecular complexity index is 2080. The van der Waals surface area contributed by atoms with Gasteiger partial charge in [-0.2, -0.15) is 0 Å². The third kappa shape index (κ3) is 9.64. The monoisotopic (exact) mass is 760 g/mol. The SMILES string of the molecule is CNc1cncc(COc2cc(OCc3cccc(-c4cc(F)cc(-c5ccc(CN(C)C)cc5)c4Cl)c3C)c(Cl)cc2CNC(C)(CO)C(=O)O)c1. The number of rotatable bonds is 16. The van der Waals surface area contributed by atoms with Crippen LogP contribution < -0.4 is 20.1 Å². The Kier molecular flexibility index (Phi) is 13.0. The van der Waals surface area contributed by atoms with Gasteiger partial charge >= 0.3 is 5.97 Å². The van der Waals surface area contributed by atoms with Crippen molar-refractivity contribution in [3.05, 3.63) is 129 Å². The lowest BCUT2D eigenvalue weighted by atomic mass is 9.93. The highest BCUT2D eigenvalue weighted by Crippen LogP contribution is 2.40. The number of aliphatic hydroxyl groups is 1. The van der Waals surface area contributed by atoms with Crippen molar-refractivity contribution in [1.82, 2.24) is 15.2 Å². The van der Waals surface area contributed by atoms with E-state index < -0.39 is 23.9 Å². The summed E-state index contributed by atoms with van der Waals surface area (Å²) in [6.45, 7) is 3.80. The lowest BCUT2D eigenvalue weighted by Crippen LogP contribution is -2.52. The van der Waals surface area contributed by atoms with E-state index in [4.69, 9.17) is 32.7 Å². The molecule has 0 spiro atoms. The second-order valence-electron chi connectivity index (χ2n) is 13.3. The molecule has 0 fully saturated rings. The summed E-state index contributed by atoms with van der Waals surface area (Å²) < 4.78 is 27.7. The summed E-state index contributed by atoms with van der Waals surface area (Å²) in [6, 6.07) is 21.7. The van der Waals surface area contributed by atoms with Crippen LogP contribution in [0.2, 0.25) is 10.0 Å². The van der Waals surface area contributed by atoms with E-state index in [1.165, 1.54) is 19.1 Å². The topological polar surface area (TPSA) is 116 Å². The first-order valence-corrected chi connectivity index (χ1v) is 17.7. The molecule has 5 aromatic rings. The summed E-state index contributed by atoms with van der Waals surface area (Å²) in [6.07, 6.45) is 3.38. The van der Waals surface area contributed by atoms with Crippen molar-refractivity contribution < 1.29 is 28.9 Å². The standard InChI is InChI=1S/C41H43Cl2FN4O5/c1-25-29(7-6-8-33(25)35-16-31(44)15-34(39(35)43)28-11-9-26(10-12-28)21-48(4)5)23-53-38-17-37(52-22-27-13-32(45-3)20-46-18-27)30(14-36(38)42)19-47-41(2,24-49)40(50)51/h6-18,20,45,47,49H,19,21-24H2,1-5H3,(H,50,51). The molecule has 4 N–H and O–H groups in total. The number of aliphatic carboxylic acids is 1. The fourth-order valence-electron chi connectivity index (χ4n) is 5.75. The number of aliphatic hydroxyl groups excluding tert-OH is 1. The number of pyridine rings is 1. The molecule has 9 nitrogen and oxygen atoms in total. The zero-order chi connectivity index (χ0) is 38.3. The maximum atomic E-state index is 15.2. The third-order valence-corrected chi connectivity index (χ3v) is 9.67. The Balaban J connectivity index is 1.42. The Hall–Kier alpha value is -4.71. The molecule has 1 atom stereocenters. The molecule has 1 unspecified atom stereocenters. The van der Waals surface area contributed by atoms with Gasteiger partial charge < -0.3 is 29.9 Å². The van der Waals surface area contributed by atoms with E-state index in [0.29, 0.717) is 33.2 Å². The van der Waals surface area contributed by atoms with Gasteiger partial charge in [-0.15, -0.1) is 0 Å². The van der Waals surface area contributed by atoms with Crippen LogP contribution in [0, 0.1) is 12.7 Å². The second-order valence-corrected chi connectivity index (χ2v) is 14.1. The molecule has 0 amide bonds. The molecule has 0 saturated heterocycles. The van der Waals surface area contributed by atoms with Gasteiger partial charge in [0, 0.05) is 60.9 Å². The van der Waals surface area contributed by atoms with E-state index in [1.807, 2.05) is 69.6 Å². The van der Waals surface area contributed by atoms with E-state index in [0.717, 1.165) is 45.6 Å². The highest BCUT2D eigenvalue weighted by Gasteiger charge is 2.32. The fourth-order valence-corrected chi connectivity index (χ4v) is 6.31. The summed E-state index contributed by atoms with van der Waals surface area (Å²) in [5, 5.41) is 26.1. The van der Waals surface area contributed by atoms with Crippen LogP contribution in [0.3, 0.4) is 0 Å². The van der Waals surface area contributed by atoms with Crippen molar-refractivity contribution in [2.75, 3.05) is 33.1 Å². The maximum absolute atomic E-state index is 15.2. The van der Waals surface area contributed by atoms with Gasteiger partial charge in [0.1, 0.15) is 36.1 Å². The van der Waals surface area contributed by atoms with Gasteiger partial charge in [0.15, 0.2) is 0 Å². The predicted molar refractivity (Wildman–Crippen MR) is 208 cm³/mol. The van der Waals surface area contributed by atoms with E-state index in [1.54, 1.807) is 31.6 Å². The van der Waals surface area contributed by atoms with E-state index in [2.05, 4.69) is 20.5 Å². The van der Waals surface area contributed by atoms with Gasteiger partial charge in [-0.1, -0.05) is 65.7 Å². The Morgan fingerprint density at radius 3 is 2.30 bits per heavy atom. The van der Waals surface area contributed by atoms with E-state index >= 15 is 4.39 Å². The first-order valence-electron chi connectivity index (χ1n) is 16.9. The highest BCUT2D eigenvalue weighted by molar-refractivity contribution is 6.36. The van der Waals surface area contributed by atoms with Crippen molar-refractivity contribution in [2.45, 2.75) is 45.7 Å². The minimum atomic E-state index is -1.59. The van der Waals surface area contributed by atoms with Crippen LogP contribution >= 0.6 is 23.2 Å². The van der Waals surface area contributed by atoms with Gasteiger partial charge in [-0.05, 0) is 80.0 Å².